The topological polar surface area (TPSA) is 69.6 Å². The predicted molar refractivity (Wildman–Crippen MR) is 201 cm³/mol. The van der Waals surface area contributed by atoms with E-state index >= 15 is 0 Å². The van der Waals surface area contributed by atoms with Crippen LogP contribution in [0, 0.1) is 0 Å². The molecule has 0 fully saturated rings. The Morgan fingerprint density at radius 2 is 1.00 bits per heavy atom. The van der Waals surface area contributed by atoms with Crippen molar-refractivity contribution in [2.75, 3.05) is 0 Å². The van der Waals surface area contributed by atoms with Gasteiger partial charge in [-0.25, -0.2) is 19.9 Å². The maximum atomic E-state index is 6.74. The maximum Gasteiger partial charge on any atom is 0.227 e. The second kappa shape index (κ2) is 11.4. The van der Waals surface area contributed by atoms with E-state index in [1.807, 2.05) is 97.1 Å². The summed E-state index contributed by atoms with van der Waals surface area (Å²) in [6, 6.07) is 55.7. The largest absolute Gasteiger partial charge is 0.435 e. The van der Waals surface area contributed by atoms with Crippen LogP contribution in [0.5, 0.6) is 0 Å². The van der Waals surface area contributed by atoms with Crippen molar-refractivity contribution in [1.29, 1.82) is 0 Å². The molecule has 7 aromatic carbocycles. The number of fused-ring (bicyclic) bond motifs is 7. The second-order valence-corrected chi connectivity index (χ2v) is 12.3. The van der Waals surface area contributed by atoms with E-state index in [2.05, 4.69) is 71.3 Å². The van der Waals surface area contributed by atoms with Crippen LogP contribution in [-0.4, -0.2) is 24.5 Å². The molecule has 3 heterocycles. The van der Waals surface area contributed by atoms with Crippen molar-refractivity contribution in [3.8, 4) is 51.3 Å². The Kier molecular flexibility index (Phi) is 6.39. The molecular formula is C44H27N5O. The van der Waals surface area contributed by atoms with Crippen molar-refractivity contribution in [3.05, 3.63) is 164 Å². The summed E-state index contributed by atoms with van der Waals surface area (Å²) in [6.45, 7) is 0. The van der Waals surface area contributed by atoms with Gasteiger partial charge in [0.1, 0.15) is 5.52 Å². The second-order valence-electron chi connectivity index (χ2n) is 12.3. The fourth-order valence-electron chi connectivity index (χ4n) is 6.96. The Morgan fingerprint density at radius 3 is 1.72 bits per heavy atom. The summed E-state index contributed by atoms with van der Waals surface area (Å²) in [5.41, 5.74) is 8.49. The normalized spacial score (nSPS) is 11.6. The smallest absolute Gasteiger partial charge is 0.227 e. The summed E-state index contributed by atoms with van der Waals surface area (Å²) in [4.78, 5) is 19.7. The maximum absolute atomic E-state index is 6.74. The molecule has 0 atom stereocenters. The van der Waals surface area contributed by atoms with Crippen LogP contribution in [0.15, 0.2) is 168 Å². The molecule has 0 saturated carbocycles. The van der Waals surface area contributed by atoms with Gasteiger partial charge in [-0.05, 0) is 47.9 Å². The molecule has 3 aromatic heterocycles. The minimum absolute atomic E-state index is 0.541. The molecule has 0 radical (unpaired) electrons. The summed E-state index contributed by atoms with van der Waals surface area (Å²) >= 11 is 0. The van der Waals surface area contributed by atoms with E-state index in [1.54, 1.807) is 0 Å². The van der Waals surface area contributed by atoms with Crippen LogP contribution in [0.1, 0.15) is 0 Å². The zero-order valence-corrected chi connectivity index (χ0v) is 26.7. The molecule has 6 nitrogen and oxygen atoms in total. The van der Waals surface area contributed by atoms with Crippen LogP contribution in [0.2, 0.25) is 0 Å². The quantitative estimate of drug-likeness (QED) is 0.187. The predicted octanol–water partition coefficient (Wildman–Crippen LogP) is 10.9. The molecule has 0 amide bonds. The van der Waals surface area contributed by atoms with Crippen LogP contribution in [0.4, 0.5) is 0 Å². The standard InChI is InChI=1S/C44H27N5O/c1-4-13-29(14-5-1)41-46-42(30-15-6-2-7-16-30)48-43(47-41)31-17-12-18-32(27-31)44-45-35-25-23-28-24-26-37-39(38(28)40(35)50-44)34-21-10-11-22-36(34)49(37)33-19-8-3-9-20-33/h1-27H. The highest BCUT2D eigenvalue weighted by Crippen LogP contribution is 2.41. The van der Waals surface area contributed by atoms with E-state index in [1.165, 1.54) is 5.39 Å². The molecule has 10 aromatic rings. The number of para-hydroxylation sites is 2. The molecule has 0 bridgehead atoms. The van der Waals surface area contributed by atoms with Gasteiger partial charge in [0.25, 0.3) is 0 Å². The van der Waals surface area contributed by atoms with E-state index < -0.39 is 0 Å². The van der Waals surface area contributed by atoms with E-state index in [9.17, 15) is 0 Å². The zero-order valence-electron chi connectivity index (χ0n) is 26.7. The van der Waals surface area contributed by atoms with E-state index in [0.29, 0.717) is 23.4 Å². The first-order valence-electron chi connectivity index (χ1n) is 16.6. The highest BCUT2D eigenvalue weighted by molar-refractivity contribution is 6.26. The van der Waals surface area contributed by atoms with E-state index in [0.717, 1.165) is 66.2 Å². The lowest BCUT2D eigenvalue weighted by Crippen LogP contribution is -2.00. The Balaban J connectivity index is 1.15. The lowest BCUT2D eigenvalue weighted by molar-refractivity contribution is 0.623. The third-order valence-corrected chi connectivity index (χ3v) is 9.25. The Labute approximate surface area is 287 Å². The monoisotopic (exact) mass is 641 g/mol. The van der Waals surface area contributed by atoms with Gasteiger partial charge in [0, 0.05) is 44.1 Å². The van der Waals surface area contributed by atoms with Crippen molar-refractivity contribution in [2.24, 2.45) is 0 Å². The van der Waals surface area contributed by atoms with Gasteiger partial charge in [-0.1, -0.05) is 121 Å². The lowest BCUT2D eigenvalue weighted by Gasteiger charge is -2.09. The lowest BCUT2D eigenvalue weighted by atomic mass is 10.0. The number of benzene rings is 7. The van der Waals surface area contributed by atoms with Gasteiger partial charge >= 0.3 is 0 Å². The first-order valence-corrected chi connectivity index (χ1v) is 16.6. The molecule has 50 heavy (non-hydrogen) atoms. The number of aromatic nitrogens is 5. The summed E-state index contributed by atoms with van der Waals surface area (Å²) in [6.07, 6.45) is 0. The Bertz CT molecular complexity index is 2800. The summed E-state index contributed by atoms with van der Waals surface area (Å²) < 4.78 is 9.07. The molecule has 234 valence electrons. The molecule has 0 aliphatic heterocycles. The number of rotatable bonds is 5. The van der Waals surface area contributed by atoms with Crippen molar-refractivity contribution in [1.82, 2.24) is 24.5 Å². The van der Waals surface area contributed by atoms with Crippen molar-refractivity contribution < 1.29 is 4.42 Å². The number of oxazole rings is 1. The third-order valence-electron chi connectivity index (χ3n) is 9.25. The van der Waals surface area contributed by atoms with E-state index in [4.69, 9.17) is 24.4 Å². The highest BCUT2D eigenvalue weighted by atomic mass is 16.3. The average molecular weight is 642 g/mol. The molecule has 0 aliphatic rings. The summed E-state index contributed by atoms with van der Waals surface area (Å²) in [5.74, 6) is 2.36. The van der Waals surface area contributed by atoms with Gasteiger partial charge in [-0.2, -0.15) is 0 Å². The number of hydrogen-bond donors (Lipinski definition) is 0. The molecule has 0 saturated heterocycles. The molecule has 0 aliphatic carbocycles. The van der Waals surface area contributed by atoms with Crippen LogP contribution in [0.25, 0.3) is 95.0 Å². The molecule has 0 N–H and O–H groups in total. The van der Waals surface area contributed by atoms with Gasteiger partial charge in [0.2, 0.25) is 5.89 Å². The molecular weight excluding hydrogens is 615 g/mol. The van der Waals surface area contributed by atoms with Gasteiger partial charge in [0.05, 0.1) is 11.0 Å². The first-order chi connectivity index (χ1) is 24.8. The number of nitrogens with zero attached hydrogens (tertiary/aromatic N) is 5. The van der Waals surface area contributed by atoms with Crippen LogP contribution in [-0.2, 0) is 0 Å². The van der Waals surface area contributed by atoms with Crippen molar-refractivity contribution in [2.45, 2.75) is 0 Å². The fraction of sp³-hybridized carbons (Fsp3) is 0. The van der Waals surface area contributed by atoms with Crippen molar-refractivity contribution in [3.63, 3.8) is 0 Å². The summed E-state index contributed by atoms with van der Waals surface area (Å²) in [5, 5.41) is 4.47. The SMILES string of the molecule is c1ccc(-c2nc(-c3ccccc3)nc(-c3cccc(-c4nc5ccc6ccc7c(c8ccccc8n7-c7ccccc7)c6c5o4)c3)n2)cc1. The van der Waals surface area contributed by atoms with Gasteiger partial charge in [-0.3, -0.25) is 0 Å². The molecule has 0 unspecified atom stereocenters. The van der Waals surface area contributed by atoms with Gasteiger partial charge in [-0.15, -0.1) is 0 Å². The number of hydrogen-bond acceptors (Lipinski definition) is 5. The Morgan fingerprint density at radius 1 is 0.420 bits per heavy atom. The molecule has 0 spiro atoms. The fourth-order valence-corrected chi connectivity index (χ4v) is 6.96. The third kappa shape index (κ3) is 4.58. The summed E-state index contributed by atoms with van der Waals surface area (Å²) in [7, 11) is 0. The van der Waals surface area contributed by atoms with Crippen LogP contribution < -0.4 is 0 Å². The minimum Gasteiger partial charge on any atom is -0.435 e. The minimum atomic E-state index is 0.541. The Hall–Kier alpha value is -6.92. The van der Waals surface area contributed by atoms with Crippen LogP contribution >= 0.6 is 0 Å². The molecule has 10 rings (SSSR count). The highest BCUT2D eigenvalue weighted by Gasteiger charge is 2.20. The first kappa shape index (κ1) is 28.1. The zero-order chi connectivity index (χ0) is 33.0. The van der Waals surface area contributed by atoms with Gasteiger partial charge < -0.3 is 8.98 Å². The van der Waals surface area contributed by atoms with Crippen LogP contribution in [0.3, 0.4) is 0 Å². The molecule has 6 heteroatoms. The average Bonchev–Trinajstić information content (AvgIpc) is 3.79. The van der Waals surface area contributed by atoms with E-state index in [-0.39, 0.29) is 0 Å². The van der Waals surface area contributed by atoms with Gasteiger partial charge in [0.15, 0.2) is 23.1 Å². The van der Waals surface area contributed by atoms with Crippen molar-refractivity contribution >= 4 is 43.7 Å².